The second kappa shape index (κ2) is 9.19. The lowest BCUT2D eigenvalue weighted by molar-refractivity contribution is -0.117. The Hall–Kier alpha value is -4.04. The van der Waals surface area contributed by atoms with Crippen LogP contribution in [0, 0.1) is 0 Å². The van der Waals surface area contributed by atoms with Crippen molar-refractivity contribution in [3.63, 3.8) is 0 Å². The number of benzene rings is 2. The zero-order valence-electron chi connectivity index (χ0n) is 16.3. The molecule has 4 rings (SSSR count). The lowest BCUT2D eigenvalue weighted by Crippen LogP contribution is -2.42. The predicted molar refractivity (Wildman–Crippen MR) is 121 cm³/mol. The molecule has 2 aromatic heterocycles. The Labute approximate surface area is 181 Å². The zero-order valence-corrected chi connectivity index (χ0v) is 17.1. The van der Waals surface area contributed by atoms with Crippen molar-refractivity contribution in [2.75, 3.05) is 0 Å². The smallest absolute Gasteiger partial charge is 0.268 e. The van der Waals surface area contributed by atoms with E-state index >= 15 is 0 Å². The molecule has 0 spiro atoms. The van der Waals surface area contributed by atoms with E-state index in [1.807, 2.05) is 47.8 Å². The van der Waals surface area contributed by atoms with Crippen LogP contribution in [0.3, 0.4) is 0 Å². The van der Waals surface area contributed by atoms with Crippen LogP contribution < -0.4 is 16.4 Å². The quantitative estimate of drug-likeness (QED) is 0.376. The average Bonchev–Trinajstić information content (AvgIpc) is 3.32. The second-order valence-corrected chi connectivity index (χ2v) is 7.61. The molecule has 2 N–H and O–H groups in total. The first-order chi connectivity index (χ1) is 15.1. The number of rotatable bonds is 5. The maximum atomic E-state index is 12.9. The number of aromatic nitrogens is 2. The minimum Gasteiger partial charge on any atom is -0.268 e. The first-order valence-corrected chi connectivity index (χ1v) is 10.4. The highest BCUT2D eigenvalue weighted by atomic mass is 32.1. The van der Waals surface area contributed by atoms with Crippen molar-refractivity contribution in [1.82, 2.24) is 20.6 Å². The van der Waals surface area contributed by atoms with Crippen LogP contribution in [0.15, 0.2) is 83.0 Å². The van der Waals surface area contributed by atoms with Crippen molar-refractivity contribution in [2.45, 2.75) is 6.54 Å². The molecule has 2 heterocycles. The summed E-state index contributed by atoms with van der Waals surface area (Å²) in [6.45, 7) is 0.223. The Bertz CT molecular complexity index is 1310. The van der Waals surface area contributed by atoms with Crippen LogP contribution in [-0.2, 0) is 11.3 Å². The van der Waals surface area contributed by atoms with Gasteiger partial charge in [-0.15, -0.1) is 11.3 Å². The molecule has 4 aromatic rings. The fourth-order valence-electron chi connectivity index (χ4n) is 3.03. The second-order valence-electron chi connectivity index (χ2n) is 6.63. The molecule has 0 radical (unpaired) electrons. The van der Waals surface area contributed by atoms with Gasteiger partial charge in [-0.1, -0.05) is 54.6 Å². The van der Waals surface area contributed by atoms with Gasteiger partial charge in [-0.3, -0.25) is 25.2 Å². The highest BCUT2D eigenvalue weighted by molar-refractivity contribution is 7.10. The van der Waals surface area contributed by atoms with Crippen LogP contribution >= 0.6 is 11.3 Å². The Balaban J connectivity index is 1.58. The Morgan fingerprint density at radius 2 is 1.68 bits per heavy atom. The van der Waals surface area contributed by atoms with Crippen molar-refractivity contribution < 1.29 is 9.59 Å². The third-order valence-corrected chi connectivity index (χ3v) is 5.34. The molecule has 0 aliphatic carbocycles. The van der Waals surface area contributed by atoms with Crippen LogP contribution in [-0.4, -0.2) is 21.6 Å². The molecule has 7 nitrogen and oxygen atoms in total. The molecule has 0 bridgehead atoms. The number of fused-ring (bicyclic) bond motifs is 1. The molecular weight excluding hydrogens is 412 g/mol. The predicted octanol–water partition coefficient (Wildman–Crippen LogP) is 2.98. The van der Waals surface area contributed by atoms with E-state index in [2.05, 4.69) is 16.0 Å². The van der Waals surface area contributed by atoms with Gasteiger partial charge in [0.15, 0.2) is 5.69 Å². The van der Waals surface area contributed by atoms with Gasteiger partial charge in [0.1, 0.15) is 0 Å². The van der Waals surface area contributed by atoms with Crippen molar-refractivity contribution in [3.05, 3.63) is 105 Å². The third kappa shape index (κ3) is 4.76. The van der Waals surface area contributed by atoms with E-state index in [1.165, 1.54) is 22.1 Å². The highest BCUT2D eigenvalue weighted by Gasteiger charge is 2.17. The maximum absolute atomic E-state index is 12.9. The summed E-state index contributed by atoms with van der Waals surface area (Å²) in [5.74, 6) is -1.10. The van der Waals surface area contributed by atoms with Gasteiger partial charge in [0.2, 0.25) is 0 Å². The summed E-state index contributed by atoms with van der Waals surface area (Å²) in [5, 5.41) is 6.98. The highest BCUT2D eigenvalue weighted by Crippen LogP contribution is 2.14. The number of hydrazine groups is 1. The number of nitrogens with one attached hydrogen (secondary N) is 2. The lowest BCUT2D eigenvalue weighted by atomic mass is 10.1. The fourth-order valence-corrected chi connectivity index (χ4v) is 3.65. The van der Waals surface area contributed by atoms with E-state index in [0.29, 0.717) is 10.8 Å². The molecule has 0 saturated carbocycles. The molecule has 0 fully saturated rings. The minimum atomic E-state index is -0.615. The molecule has 0 aliphatic rings. The van der Waals surface area contributed by atoms with E-state index < -0.39 is 11.8 Å². The van der Waals surface area contributed by atoms with E-state index in [1.54, 1.807) is 30.3 Å². The van der Waals surface area contributed by atoms with Crippen LogP contribution in [0.2, 0.25) is 0 Å². The molecule has 0 aliphatic heterocycles. The number of carbonyl (C=O) groups is 2. The summed E-state index contributed by atoms with van der Waals surface area (Å²) in [6.07, 6.45) is 2.98. The molecular formula is C23H18N4O3S. The van der Waals surface area contributed by atoms with Gasteiger partial charge in [-0.05, 0) is 29.2 Å². The number of amides is 2. The number of hydrogen-bond acceptors (Lipinski definition) is 5. The van der Waals surface area contributed by atoms with Gasteiger partial charge < -0.3 is 0 Å². The molecule has 0 atom stereocenters. The molecule has 2 amide bonds. The molecule has 8 heteroatoms. The van der Waals surface area contributed by atoms with Gasteiger partial charge in [0.05, 0.1) is 11.9 Å². The summed E-state index contributed by atoms with van der Waals surface area (Å²) in [5.41, 5.74) is 5.35. The number of nitrogens with zero attached hydrogens (tertiary/aromatic N) is 2. The minimum absolute atomic E-state index is 0.0497. The number of thiophene rings is 1. The Morgan fingerprint density at radius 1 is 0.935 bits per heavy atom. The van der Waals surface area contributed by atoms with Gasteiger partial charge in [-0.2, -0.15) is 5.10 Å². The van der Waals surface area contributed by atoms with Crippen LogP contribution in [0.4, 0.5) is 0 Å². The van der Waals surface area contributed by atoms with E-state index in [0.717, 1.165) is 10.4 Å². The van der Waals surface area contributed by atoms with Crippen molar-refractivity contribution >= 4 is 40.0 Å². The summed E-state index contributed by atoms with van der Waals surface area (Å²) in [7, 11) is 0. The summed E-state index contributed by atoms with van der Waals surface area (Å²) >= 11 is 1.49. The summed E-state index contributed by atoms with van der Waals surface area (Å²) < 4.78 is 1.26. The van der Waals surface area contributed by atoms with Gasteiger partial charge >= 0.3 is 0 Å². The summed E-state index contributed by atoms with van der Waals surface area (Å²) in [4.78, 5) is 38.6. The average molecular weight is 430 g/mol. The Morgan fingerprint density at radius 3 is 2.42 bits per heavy atom. The normalized spacial score (nSPS) is 11.0. The topological polar surface area (TPSA) is 93.1 Å². The molecule has 0 unspecified atom stereocenters. The standard InChI is InChI=1S/C23H18N4O3S/c28-20(13-12-17-9-6-14-31-17)24-25-22(29)21-18-10-4-5-11-19(18)23(30)27(26-21)15-16-7-2-1-3-8-16/h1-14H,15H2,(H,24,28)(H,25,29)/b13-12+. The van der Waals surface area contributed by atoms with E-state index in [9.17, 15) is 14.4 Å². The van der Waals surface area contributed by atoms with E-state index in [-0.39, 0.29) is 17.8 Å². The molecule has 2 aromatic carbocycles. The third-order valence-electron chi connectivity index (χ3n) is 4.50. The number of hydrogen-bond donors (Lipinski definition) is 2. The van der Waals surface area contributed by atoms with Crippen molar-refractivity contribution in [2.24, 2.45) is 0 Å². The Kier molecular flexibility index (Phi) is 6.00. The van der Waals surface area contributed by atoms with Gasteiger partial charge in [0, 0.05) is 16.3 Å². The lowest BCUT2D eigenvalue weighted by Gasteiger charge is -2.11. The molecule has 31 heavy (non-hydrogen) atoms. The first-order valence-electron chi connectivity index (χ1n) is 9.47. The first kappa shape index (κ1) is 20.2. The van der Waals surface area contributed by atoms with Gasteiger partial charge in [0.25, 0.3) is 17.4 Å². The number of carbonyl (C=O) groups excluding carboxylic acids is 2. The van der Waals surface area contributed by atoms with Crippen LogP contribution in [0.5, 0.6) is 0 Å². The largest absolute Gasteiger partial charge is 0.290 e. The fraction of sp³-hybridized carbons (Fsp3) is 0.0435. The van der Waals surface area contributed by atoms with Crippen LogP contribution in [0.25, 0.3) is 16.8 Å². The van der Waals surface area contributed by atoms with Gasteiger partial charge in [-0.25, -0.2) is 4.68 Å². The zero-order chi connectivity index (χ0) is 21.6. The summed E-state index contributed by atoms with van der Waals surface area (Å²) in [6, 6.07) is 19.9. The van der Waals surface area contributed by atoms with Crippen molar-refractivity contribution in [1.29, 1.82) is 0 Å². The van der Waals surface area contributed by atoms with Crippen molar-refractivity contribution in [3.8, 4) is 0 Å². The SMILES string of the molecule is O=C(/C=C/c1cccs1)NNC(=O)c1nn(Cc2ccccc2)c(=O)c2ccccc12. The van der Waals surface area contributed by atoms with E-state index in [4.69, 9.17) is 0 Å². The molecule has 0 saturated heterocycles. The molecule has 154 valence electrons. The monoisotopic (exact) mass is 430 g/mol. The maximum Gasteiger partial charge on any atom is 0.290 e. The van der Waals surface area contributed by atoms with Crippen LogP contribution in [0.1, 0.15) is 20.9 Å².